The normalized spacial score (nSPS) is 10.3. The monoisotopic (exact) mass is 339 g/mol. The van der Waals surface area contributed by atoms with Crippen molar-refractivity contribution in [3.05, 3.63) is 44.8 Å². The number of nitrogens with one attached hydrogen (secondary N) is 1. The second kappa shape index (κ2) is 5.67. The first kappa shape index (κ1) is 14.0. The number of hydrogen-bond donors (Lipinski definition) is 1. The first-order chi connectivity index (χ1) is 9.02. The maximum Gasteiger partial charge on any atom is 0.156 e. The molecule has 0 unspecified atom stereocenters. The van der Waals surface area contributed by atoms with E-state index in [-0.39, 0.29) is 10.7 Å². The molecule has 0 spiro atoms. The van der Waals surface area contributed by atoms with Crippen LogP contribution in [0.15, 0.2) is 22.7 Å². The van der Waals surface area contributed by atoms with E-state index in [1.54, 1.807) is 6.92 Å². The van der Waals surface area contributed by atoms with E-state index in [9.17, 15) is 4.79 Å². The molecule has 0 amide bonds. The molecule has 4 nitrogen and oxygen atoms in total. The van der Waals surface area contributed by atoms with Crippen LogP contribution in [0.5, 0.6) is 0 Å². The molecule has 1 aromatic heterocycles. The lowest BCUT2D eigenvalue weighted by atomic mass is 10.2. The van der Waals surface area contributed by atoms with Gasteiger partial charge in [-0.3, -0.25) is 4.79 Å². The Morgan fingerprint density at radius 1 is 1.32 bits per heavy atom. The van der Waals surface area contributed by atoms with E-state index < -0.39 is 0 Å². The van der Waals surface area contributed by atoms with Crippen molar-refractivity contribution in [2.24, 2.45) is 0 Å². The van der Waals surface area contributed by atoms with Gasteiger partial charge < -0.3 is 5.32 Å². The first-order valence-corrected chi connectivity index (χ1v) is 6.71. The molecule has 2 rings (SSSR count). The number of halogens is 2. The Morgan fingerprint density at radius 2 is 2.05 bits per heavy atom. The van der Waals surface area contributed by atoms with E-state index >= 15 is 0 Å². The Bertz CT molecular complexity index is 646. The van der Waals surface area contributed by atoms with E-state index in [0.29, 0.717) is 17.9 Å². The SMILES string of the molecule is Cc1nc(Cl)c(C=O)c(Nc2cccc(C)c2Br)n1. The lowest BCUT2D eigenvalue weighted by Crippen LogP contribution is -2.04. The Hall–Kier alpha value is -1.46. The van der Waals surface area contributed by atoms with Crippen LogP contribution < -0.4 is 5.32 Å². The zero-order valence-electron chi connectivity index (χ0n) is 10.4. The van der Waals surface area contributed by atoms with Crippen molar-refractivity contribution >= 4 is 45.3 Å². The molecule has 1 N–H and O–H groups in total. The van der Waals surface area contributed by atoms with Gasteiger partial charge in [-0.25, -0.2) is 9.97 Å². The second-order valence-corrected chi connectivity index (χ2v) is 5.15. The van der Waals surface area contributed by atoms with Crippen molar-refractivity contribution < 1.29 is 4.79 Å². The van der Waals surface area contributed by atoms with E-state index in [1.807, 2.05) is 25.1 Å². The largest absolute Gasteiger partial charge is 0.339 e. The summed E-state index contributed by atoms with van der Waals surface area (Å²) in [5, 5.41) is 3.25. The molecule has 0 aliphatic rings. The summed E-state index contributed by atoms with van der Waals surface area (Å²) >= 11 is 9.43. The number of benzene rings is 1. The van der Waals surface area contributed by atoms with Crippen molar-refractivity contribution in [1.29, 1.82) is 0 Å². The minimum Gasteiger partial charge on any atom is -0.339 e. The van der Waals surface area contributed by atoms with Gasteiger partial charge in [-0.1, -0.05) is 23.7 Å². The Balaban J connectivity index is 2.49. The highest BCUT2D eigenvalue weighted by Gasteiger charge is 2.12. The molecular formula is C13H11BrClN3O. The molecule has 1 aromatic carbocycles. The van der Waals surface area contributed by atoms with Crippen LogP contribution in [0.25, 0.3) is 0 Å². The smallest absolute Gasteiger partial charge is 0.156 e. The highest BCUT2D eigenvalue weighted by molar-refractivity contribution is 9.10. The number of anilines is 2. The number of aromatic nitrogens is 2. The standard InChI is InChI=1S/C13H11BrClN3O/c1-7-4-3-5-10(11(7)14)18-13-9(6-19)12(15)16-8(2)17-13/h3-6H,1-2H3,(H,16,17,18). The van der Waals surface area contributed by atoms with Crippen LogP contribution in [-0.4, -0.2) is 16.3 Å². The highest BCUT2D eigenvalue weighted by Crippen LogP contribution is 2.30. The molecule has 0 saturated heterocycles. The fraction of sp³-hybridized carbons (Fsp3) is 0.154. The molecule has 0 radical (unpaired) electrons. The van der Waals surface area contributed by atoms with E-state index in [0.717, 1.165) is 15.7 Å². The number of hydrogen-bond acceptors (Lipinski definition) is 4. The van der Waals surface area contributed by atoms with Gasteiger partial charge >= 0.3 is 0 Å². The number of aldehydes is 1. The van der Waals surface area contributed by atoms with Crippen molar-refractivity contribution in [2.75, 3.05) is 5.32 Å². The Labute approximate surface area is 124 Å². The molecule has 2 aromatic rings. The molecule has 0 fully saturated rings. The van der Waals surface area contributed by atoms with E-state index in [2.05, 4.69) is 31.2 Å². The van der Waals surface area contributed by atoms with Crippen LogP contribution >= 0.6 is 27.5 Å². The fourth-order valence-corrected chi connectivity index (χ4v) is 2.24. The summed E-state index contributed by atoms with van der Waals surface area (Å²) in [6.07, 6.45) is 0.647. The van der Waals surface area contributed by atoms with Crippen LogP contribution in [0.3, 0.4) is 0 Å². The first-order valence-electron chi connectivity index (χ1n) is 5.54. The van der Waals surface area contributed by atoms with Gasteiger partial charge in [0, 0.05) is 4.47 Å². The number of nitrogens with zero attached hydrogens (tertiary/aromatic N) is 2. The zero-order valence-corrected chi connectivity index (χ0v) is 12.7. The van der Waals surface area contributed by atoms with Crippen LogP contribution in [0, 0.1) is 13.8 Å². The summed E-state index contributed by atoms with van der Waals surface area (Å²) in [5.74, 6) is 0.903. The summed E-state index contributed by atoms with van der Waals surface area (Å²) in [5.41, 5.74) is 2.15. The van der Waals surface area contributed by atoms with Crippen LogP contribution in [0.1, 0.15) is 21.7 Å². The molecule has 1 heterocycles. The number of carbonyl (C=O) groups is 1. The summed E-state index contributed by atoms with van der Waals surface area (Å²) in [7, 11) is 0. The van der Waals surface area contributed by atoms with Crippen molar-refractivity contribution in [3.63, 3.8) is 0 Å². The molecule has 0 aliphatic heterocycles. The topological polar surface area (TPSA) is 54.9 Å². The molecule has 0 atom stereocenters. The minimum atomic E-state index is 0.147. The number of rotatable bonds is 3. The van der Waals surface area contributed by atoms with Gasteiger partial charge in [-0.05, 0) is 41.4 Å². The molecule has 0 aliphatic carbocycles. The van der Waals surface area contributed by atoms with Crippen molar-refractivity contribution in [3.8, 4) is 0 Å². The lowest BCUT2D eigenvalue weighted by molar-refractivity contribution is 0.112. The molecule has 19 heavy (non-hydrogen) atoms. The summed E-state index contributed by atoms with van der Waals surface area (Å²) < 4.78 is 0.916. The predicted molar refractivity (Wildman–Crippen MR) is 79.3 cm³/mol. The van der Waals surface area contributed by atoms with Gasteiger partial charge in [0.2, 0.25) is 0 Å². The molecular weight excluding hydrogens is 330 g/mol. The predicted octanol–water partition coefficient (Wildman–Crippen LogP) is 4.07. The lowest BCUT2D eigenvalue weighted by Gasteiger charge is -2.12. The van der Waals surface area contributed by atoms with Crippen LogP contribution in [0.2, 0.25) is 5.15 Å². The minimum absolute atomic E-state index is 0.147. The number of aryl methyl sites for hydroxylation is 2. The van der Waals surface area contributed by atoms with Crippen molar-refractivity contribution in [2.45, 2.75) is 13.8 Å². The average Bonchev–Trinajstić information content (AvgIpc) is 2.34. The third-order valence-electron chi connectivity index (χ3n) is 2.57. The van der Waals surface area contributed by atoms with Crippen molar-refractivity contribution in [1.82, 2.24) is 9.97 Å². The van der Waals surface area contributed by atoms with Gasteiger partial charge in [0.1, 0.15) is 16.8 Å². The van der Waals surface area contributed by atoms with Gasteiger partial charge in [-0.15, -0.1) is 0 Å². The van der Waals surface area contributed by atoms with Gasteiger partial charge in [-0.2, -0.15) is 0 Å². The second-order valence-electron chi connectivity index (χ2n) is 4.00. The Morgan fingerprint density at radius 3 is 2.74 bits per heavy atom. The third-order valence-corrected chi connectivity index (χ3v) is 3.91. The fourth-order valence-electron chi connectivity index (χ4n) is 1.62. The summed E-state index contributed by atoms with van der Waals surface area (Å²) in [6, 6.07) is 5.78. The molecule has 0 saturated carbocycles. The van der Waals surface area contributed by atoms with E-state index in [1.165, 1.54) is 0 Å². The number of carbonyl (C=O) groups excluding carboxylic acids is 1. The summed E-state index contributed by atoms with van der Waals surface area (Å²) in [4.78, 5) is 19.3. The maximum atomic E-state index is 11.1. The van der Waals surface area contributed by atoms with Gasteiger partial charge in [0.05, 0.1) is 11.3 Å². The highest BCUT2D eigenvalue weighted by atomic mass is 79.9. The average molecular weight is 341 g/mol. The quantitative estimate of drug-likeness (QED) is 0.676. The molecule has 98 valence electrons. The van der Waals surface area contributed by atoms with Gasteiger partial charge in [0.15, 0.2) is 6.29 Å². The molecule has 0 bridgehead atoms. The molecule has 6 heteroatoms. The van der Waals surface area contributed by atoms with Gasteiger partial charge in [0.25, 0.3) is 0 Å². The Kier molecular flexibility index (Phi) is 4.17. The van der Waals surface area contributed by atoms with Crippen LogP contribution in [-0.2, 0) is 0 Å². The summed E-state index contributed by atoms with van der Waals surface area (Å²) in [6.45, 7) is 3.70. The third kappa shape index (κ3) is 2.93. The zero-order chi connectivity index (χ0) is 14.0. The van der Waals surface area contributed by atoms with Crippen LogP contribution in [0.4, 0.5) is 11.5 Å². The maximum absolute atomic E-state index is 11.1. The van der Waals surface area contributed by atoms with E-state index in [4.69, 9.17) is 11.6 Å².